The number of hydrogen-bond donors (Lipinski definition) is 6. The van der Waals surface area contributed by atoms with Crippen LogP contribution in [0.15, 0.2) is 83.0 Å². The van der Waals surface area contributed by atoms with Crippen molar-refractivity contribution in [3.05, 3.63) is 105 Å². The normalized spacial score (nSPS) is 12.5. The fourth-order valence-corrected chi connectivity index (χ4v) is 7.51. The molecule has 0 aliphatic heterocycles. The minimum atomic E-state index is 0.0472. The van der Waals surface area contributed by atoms with Gasteiger partial charge in [-0.25, -0.2) is 0 Å². The number of phenols is 4. The summed E-state index contributed by atoms with van der Waals surface area (Å²) in [7, 11) is 0. The Morgan fingerprint density at radius 3 is 1.27 bits per heavy atom. The maximum Gasteiger partial charge on any atom is 0.147 e. The van der Waals surface area contributed by atoms with Crippen LogP contribution in [0.2, 0.25) is 0 Å². The first-order chi connectivity index (χ1) is 24.8. The lowest BCUT2D eigenvalue weighted by Crippen LogP contribution is -1.91. The van der Waals surface area contributed by atoms with Crippen molar-refractivity contribution in [3.8, 4) is 34.1 Å². The van der Waals surface area contributed by atoms with Gasteiger partial charge in [-0.1, -0.05) is 46.6 Å². The first-order valence-corrected chi connectivity index (χ1v) is 18.3. The summed E-state index contributed by atoms with van der Waals surface area (Å²) >= 11 is 0. The van der Waals surface area contributed by atoms with Crippen LogP contribution < -0.4 is 0 Å². The number of aromatic nitrogens is 2. The molecule has 0 aliphatic carbocycles. The van der Waals surface area contributed by atoms with Crippen molar-refractivity contribution in [2.24, 2.45) is 0 Å². The highest BCUT2D eigenvalue weighted by Gasteiger charge is 2.24. The summed E-state index contributed by atoms with van der Waals surface area (Å²) in [6.45, 7) is 16.6. The van der Waals surface area contributed by atoms with Crippen LogP contribution >= 0.6 is 0 Å². The van der Waals surface area contributed by atoms with Gasteiger partial charge in [-0.2, -0.15) is 0 Å². The molecule has 6 N–H and O–H groups in total. The molecule has 2 aromatic heterocycles. The molecule has 0 unspecified atom stereocenters. The predicted molar refractivity (Wildman–Crippen MR) is 219 cm³/mol. The number of nitrogens with one attached hydrogen (secondary N) is 2. The molecule has 0 saturated heterocycles. The van der Waals surface area contributed by atoms with Crippen LogP contribution in [0.3, 0.4) is 0 Å². The van der Waals surface area contributed by atoms with E-state index in [9.17, 15) is 20.4 Å². The summed E-state index contributed by atoms with van der Waals surface area (Å²) in [5, 5.41) is 49.4. The van der Waals surface area contributed by atoms with Gasteiger partial charge >= 0.3 is 0 Å². The molecule has 6 nitrogen and oxygen atoms in total. The number of hydrogen-bond acceptors (Lipinski definition) is 4. The largest absolute Gasteiger partial charge is 0.508 e. The fourth-order valence-electron chi connectivity index (χ4n) is 7.51. The first kappa shape index (κ1) is 36.4. The Morgan fingerprint density at radius 1 is 0.519 bits per heavy atom. The third-order valence-corrected chi connectivity index (χ3v) is 10.4. The van der Waals surface area contributed by atoms with E-state index in [1.807, 2.05) is 38.1 Å². The lowest BCUT2D eigenvalue weighted by atomic mass is 9.91. The van der Waals surface area contributed by atoms with Crippen LogP contribution in [0.25, 0.3) is 54.7 Å². The minimum absolute atomic E-state index is 0.0472. The van der Waals surface area contributed by atoms with Crippen LogP contribution in [-0.4, -0.2) is 30.4 Å². The number of aryl methyl sites for hydroxylation is 2. The number of phenolic OH excluding ortho intramolecular Hbond substituents is 4. The van der Waals surface area contributed by atoms with E-state index in [0.29, 0.717) is 35.0 Å². The van der Waals surface area contributed by atoms with E-state index in [4.69, 9.17) is 0 Å². The predicted octanol–water partition coefficient (Wildman–Crippen LogP) is 12.5. The highest BCUT2D eigenvalue weighted by atomic mass is 16.3. The number of fused-ring (bicyclic) bond motifs is 6. The molecule has 0 bridgehead atoms. The van der Waals surface area contributed by atoms with Crippen molar-refractivity contribution >= 4 is 43.6 Å². The Kier molecular flexibility index (Phi) is 10.3. The Hall–Kier alpha value is -5.36. The van der Waals surface area contributed by atoms with E-state index < -0.39 is 0 Å². The summed E-state index contributed by atoms with van der Waals surface area (Å²) in [5.41, 5.74) is 12.1. The molecule has 0 aliphatic rings. The Labute approximate surface area is 306 Å². The van der Waals surface area contributed by atoms with Gasteiger partial charge < -0.3 is 30.4 Å². The number of allylic oxidation sites excluding steroid dienone is 8. The molecule has 4 aromatic carbocycles. The molecule has 6 aromatic rings. The third kappa shape index (κ3) is 6.94. The molecule has 52 heavy (non-hydrogen) atoms. The second kappa shape index (κ2) is 14.7. The van der Waals surface area contributed by atoms with E-state index in [1.165, 1.54) is 22.3 Å². The van der Waals surface area contributed by atoms with Crippen molar-refractivity contribution in [2.45, 2.75) is 93.9 Å². The monoisotopic (exact) mass is 696 g/mol. The van der Waals surface area contributed by atoms with Crippen LogP contribution in [0.1, 0.15) is 89.5 Å². The SMILES string of the molecule is CC(C)=CCCC(C)=CCc1c(O)ccc2c1[nH]c1c(O)c(-c3c(C)cc4c([nH]c5c(CC=C(C)CCC=C(C)C)c(O)ccc54)c3O)c(C)cc12. The molecule has 0 spiro atoms. The smallest absolute Gasteiger partial charge is 0.147 e. The van der Waals surface area contributed by atoms with E-state index >= 15 is 0 Å². The highest BCUT2D eigenvalue weighted by Crippen LogP contribution is 2.49. The Balaban J connectivity index is 1.44. The minimum Gasteiger partial charge on any atom is -0.508 e. The summed E-state index contributed by atoms with van der Waals surface area (Å²) in [5.74, 6) is 0.514. The standard InChI is InChI=1S/C46H52N2O4/c1-25(2)11-9-13-27(5)15-17-33-37(49)21-19-31-35-23-29(7)39(45(51)43(35)47-41(31)33)40-30(8)24-36-32-20-22-38(50)34(42(32)48-44(36)46(40)52)18-16-28(6)14-10-12-26(3)4/h11-12,15-16,19-24,47-52H,9-10,13-14,17-18H2,1-8H3. The van der Waals surface area contributed by atoms with Crippen molar-refractivity contribution in [2.75, 3.05) is 0 Å². The number of H-pyrrole nitrogens is 2. The lowest BCUT2D eigenvalue weighted by Gasteiger charge is -2.15. The quantitative estimate of drug-likeness (QED) is 0.0757. The summed E-state index contributed by atoms with van der Waals surface area (Å²) in [6, 6.07) is 11.3. The van der Waals surface area contributed by atoms with Gasteiger partial charge in [0.25, 0.3) is 0 Å². The summed E-state index contributed by atoms with van der Waals surface area (Å²) in [4.78, 5) is 6.91. The molecular formula is C46H52N2O4. The van der Waals surface area contributed by atoms with Gasteiger partial charge in [0.05, 0.1) is 22.1 Å². The van der Waals surface area contributed by atoms with Gasteiger partial charge in [-0.05, 0) is 141 Å². The van der Waals surface area contributed by atoms with E-state index in [0.717, 1.165) is 80.5 Å². The fraction of sp³-hybridized carbons (Fsp3) is 0.304. The van der Waals surface area contributed by atoms with Crippen molar-refractivity contribution < 1.29 is 20.4 Å². The Morgan fingerprint density at radius 2 is 0.904 bits per heavy atom. The third-order valence-electron chi connectivity index (χ3n) is 10.4. The highest BCUT2D eigenvalue weighted by molar-refractivity contribution is 6.16. The molecule has 0 saturated carbocycles. The maximum absolute atomic E-state index is 12.0. The number of benzene rings is 4. The van der Waals surface area contributed by atoms with Crippen molar-refractivity contribution in [3.63, 3.8) is 0 Å². The molecule has 2 heterocycles. The second-order valence-corrected chi connectivity index (χ2v) is 15.1. The molecular weight excluding hydrogens is 645 g/mol. The van der Waals surface area contributed by atoms with E-state index in [2.05, 4.69) is 75.8 Å². The van der Waals surface area contributed by atoms with Crippen LogP contribution in [0.5, 0.6) is 23.0 Å². The van der Waals surface area contributed by atoms with Gasteiger partial charge in [-0.15, -0.1) is 0 Å². The van der Waals surface area contributed by atoms with Gasteiger partial charge in [0.2, 0.25) is 0 Å². The number of rotatable bonds is 11. The van der Waals surface area contributed by atoms with Gasteiger partial charge in [0.1, 0.15) is 23.0 Å². The molecule has 0 radical (unpaired) electrons. The van der Waals surface area contributed by atoms with Crippen molar-refractivity contribution in [1.82, 2.24) is 9.97 Å². The number of aromatic hydroxyl groups is 4. The molecule has 0 atom stereocenters. The van der Waals surface area contributed by atoms with Gasteiger partial charge in [0, 0.05) is 43.8 Å². The van der Waals surface area contributed by atoms with E-state index in [-0.39, 0.29) is 23.0 Å². The molecule has 0 fully saturated rings. The zero-order valence-corrected chi connectivity index (χ0v) is 31.8. The Bertz CT molecular complexity index is 2300. The van der Waals surface area contributed by atoms with Gasteiger partial charge in [-0.3, -0.25) is 0 Å². The average molecular weight is 697 g/mol. The lowest BCUT2D eigenvalue weighted by molar-refractivity contribution is 0.470. The van der Waals surface area contributed by atoms with Gasteiger partial charge in [0.15, 0.2) is 0 Å². The van der Waals surface area contributed by atoms with Crippen LogP contribution in [0.4, 0.5) is 0 Å². The number of aromatic amines is 2. The maximum atomic E-state index is 12.0. The van der Waals surface area contributed by atoms with Crippen LogP contribution in [-0.2, 0) is 12.8 Å². The average Bonchev–Trinajstić information content (AvgIpc) is 3.63. The van der Waals surface area contributed by atoms with Crippen LogP contribution in [0, 0.1) is 13.8 Å². The van der Waals surface area contributed by atoms with Crippen molar-refractivity contribution in [1.29, 1.82) is 0 Å². The second-order valence-electron chi connectivity index (χ2n) is 15.1. The summed E-state index contributed by atoms with van der Waals surface area (Å²) in [6.07, 6.45) is 13.8. The summed E-state index contributed by atoms with van der Waals surface area (Å²) < 4.78 is 0. The topological polar surface area (TPSA) is 112 Å². The molecule has 6 heteroatoms. The molecule has 270 valence electrons. The molecule has 0 amide bonds. The molecule has 6 rings (SSSR count). The van der Waals surface area contributed by atoms with E-state index in [1.54, 1.807) is 12.1 Å². The first-order valence-electron chi connectivity index (χ1n) is 18.3. The zero-order chi connectivity index (χ0) is 37.4. The zero-order valence-electron chi connectivity index (χ0n) is 31.8.